The quantitative estimate of drug-likeness (QED) is 0.236. The Morgan fingerprint density at radius 1 is 0.967 bits per heavy atom. The number of hydrogen-bond acceptors (Lipinski definition) is 4. The molecule has 2 aromatic rings. The van der Waals surface area contributed by atoms with E-state index in [0.29, 0.717) is 16.3 Å². The average Bonchev–Trinajstić information content (AvgIpc) is 3.33. The molecule has 0 spiro atoms. The first-order valence-corrected chi connectivity index (χ1v) is 11.8. The van der Waals surface area contributed by atoms with Crippen LogP contribution in [0, 0.1) is 23.7 Å². The number of nitrogens with zero attached hydrogens (tertiary/aromatic N) is 1. The summed E-state index contributed by atoms with van der Waals surface area (Å²) in [6, 6.07) is 12.9. The zero-order chi connectivity index (χ0) is 21.2. The number of amides is 2. The van der Waals surface area contributed by atoms with Crippen LogP contribution in [0.4, 0.5) is 5.69 Å². The lowest BCUT2D eigenvalue weighted by molar-refractivity contribution is -0.123. The molecule has 5 nitrogen and oxygen atoms in total. The lowest BCUT2D eigenvalue weighted by atomic mass is 9.81. The summed E-state index contributed by atoms with van der Waals surface area (Å²) in [5.74, 6) is -0.882. The first-order chi connectivity index (χ1) is 14.4. The highest BCUT2D eigenvalue weighted by molar-refractivity contribution is 9.12. The number of esters is 1. The topological polar surface area (TPSA) is 63.7 Å². The maximum atomic E-state index is 13.2. The first-order valence-electron chi connectivity index (χ1n) is 9.60. The van der Waals surface area contributed by atoms with Crippen molar-refractivity contribution in [2.75, 3.05) is 4.90 Å². The zero-order valence-corrected chi connectivity index (χ0v) is 19.4. The van der Waals surface area contributed by atoms with Gasteiger partial charge < -0.3 is 4.74 Å². The Morgan fingerprint density at radius 2 is 1.57 bits per heavy atom. The number of anilines is 1. The number of carbonyl (C=O) groups is 3. The van der Waals surface area contributed by atoms with Crippen LogP contribution in [0.5, 0.6) is 5.75 Å². The van der Waals surface area contributed by atoms with E-state index in [1.165, 1.54) is 4.90 Å². The van der Waals surface area contributed by atoms with Crippen LogP contribution in [0.1, 0.15) is 16.8 Å². The Hall–Kier alpha value is -1.70. The molecule has 5 rings (SSSR count). The molecule has 3 fully saturated rings. The van der Waals surface area contributed by atoms with Crippen LogP contribution >= 0.6 is 43.5 Å². The largest absolute Gasteiger partial charge is 0.423 e. The second kappa shape index (κ2) is 7.46. The molecule has 2 aromatic carbocycles. The molecule has 0 N–H and O–H groups in total. The number of fused-ring (bicyclic) bond motifs is 5. The van der Waals surface area contributed by atoms with Gasteiger partial charge in [0, 0.05) is 20.7 Å². The second-order valence-corrected chi connectivity index (χ2v) is 10.5. The molecule has 8 heteroatoms. The molecule has 0 aromatic heterocycles. The molecule has 6 atom stereocenters. The Morgan fingerprint density at radius 3 is 2.17 bits per heavy atom. The number of rotatable bonds is 3. The second-order valence-electron chi connectivity index (χ2n) is 7.91. The van der Waals surface area contributed by atoms with Crippen molar-refractivity contribution in [3.8, 4) is 5.75 Å². The van der Waals surface area contributed by atoms with Crippen LogP contribution in [-0.4, -0.2) is 27.4 Å². The number of hydrogen-bond donors (Lipinski definition) is 0. The van der Waals surface area contributed by atoms with Gasteiger partial charge in [-0.05, 0) is 54.7 Å². The van der Waals surface area contributed by atoms with Gasteiger partial charge in [-0.15, -0.1) is 0 Å². The summed E-state index contributed by atoms with van der Waals surface area (Å²) in [7, 11) is 0. The fraction of sp³-hybridized carbons (Fsp3) is 0.318. The van der Waals surface area contributed by atoms with Gasteiger partial charge in [0.1, 0.15) is 5.75 Å². The number of halogens is 3. The Balaban J connectivity index is 1.39. The van der Waals surface area contributed by atoms with E-state index in [-0.39, 0.29) is 50.9 Å². The number of benzene rings is 2. The van der Waals surface area contributed by atoms with Crippen molar-refractivity contribution in [2.45, 2.75) is 16.1 Å². The van der Waals surface area contributed by atoms with Gasteiger partial charge in [-0.3, -0.25) is 9.59 Å². The highest BCUT2D eigenvalue weighted by Gasteiger charge is 2.66. The highest BCUT2D eigenvalue weighted by Crippen LogP contribution is 2.60. The molecule has 30 heavy (non-hydrogen) atoms. The van der Waals surface area contributed by atoms with Gasteiger partial charge in [0.2, 0.25) is 11.8 Å². The minimum atomic E-state index is -0.540. The average molecular weight is 554 g/mol. The van der Waals surface area contributed by atoms with Crippen molar-refractivity contribution < 1.29 is 19.1 Å². The van der Waals surface area contributed by atoms with Crippen LogP contribution in [0.25, 0.3) is 0 Å². The molecule has 154 valence electrons. The van der Waals surface area contributed by atoms with Crippen molar-refractivity contribution >= 4 is 66.9 Å². The molecule has 3 aliphatic rings. The van der Waals surface area contributed by atoms with Crippen molar-refractivity contribution in [1.82, 2.24) is 0 Å². The molecule has 0 unspecified atom stereocenters. The van der Waals surface area contributed by atoms with Crippen LogP contribution < -0.4 is 9.64 Å². The SMILES string of the molecule is O=C(Oc1cccc(N2C(=O)[C@@H]3[C@@H]4C[C@@H]([C@H](Br)[C@@H]4Br)[C@@H]3C2=O)c1)c1ccc(Cl)cc1. The normalized spacial score (nSPS) is 31.9. The fourth-order valence-electron chi connectivity index (χ4n) is 5.04. The smallest absolute Gasteiger partial charge is 0.343 e. The third kappa shape index (κ3) is 3.05. The van der Waals surface area contributed by atoms with E-state index in [4.69, 9.17) is 16.3 Å². The Kier molecular flexibility index (Phi) is 5.03. The summed E-state index contributed by atoms with van der Waals surface area (Å²) in [6.07, 6.45) is 0.880. The van der Waals surface area contributed by atoms with Crippen molar-refractivity contribution in [3.05, 3.63) is 59.1 Å². The molecule has 1 heterocycles. The minimum absolute atomic E-state index is 0.150. The van der Waals surface area contributed by atoms with E-state index >= 15 is 0 Å². The monoisotopic (exact) mass is 551 g/mol. The molecule has 2 amide bonds. The van der Waals surface area contributed by atoms with Crippen LogP contribution in [0.15, 0.2) is 48.5 Å². The van der Waals surface area contributed by atoms with Gasteiger partial charge in [0.05, 0.1) is 23.1 Å². The molecule has 1 saturated heterocycles. The van der Waals surface area contributed by atoms with Crippen molar-refractivity contribution in [3.63, 3.8) is 0 Å². The molecule has 2 bridgehead atoms. The van der Waals surface area contributed by atoms with Crippen LogP contribution in [0.2, 0.25) is 5.02 Å². The maximum Gasteiger partial charge on any atom is 0.343 e. The number of ether oxygens (including phenoxy) is 1. The number of carbonyl (C=O) groups excluding carboxylic acids is 3. The summed E-state index contributed by atoms with van der Waals surface area (Å²) in [5, 5.41) is 0.524. The van der Waals surface area contributed by atoms with E-state index in [0.717, 1.165) is 6.42 Å². The van der Waals surface area contributed by atoms with Gasteiger partial charge in [-0.2, -0.15) is 0 Å². The predicted octanol–water partition coefficient (Wildman–Crippen LogP) is 4.84. The van der Waals surface area contributed by atoms with Crippen LogP contribution in [-0.2, 0) is 9.59 Å². The van der Waals surface area contributed by atoms with E-state index < -0.39 is 5.97 Å². The van der Waals surface area contributed by atoms with Gasteiger partial charge in [0.25, 0.3) is 0 Å². The molecule has 0 radical (unpaired) electrons. The van der Waals surface area contributed by atoms with Crippen molar-refractivity contribution in [2.24, 2.45) is 23.7 Å². The summed E-state index contributed by atoms with van der Waals surface area (Å²) >= 11 is 13.2. The van der Waals surface area contributed by atoms with Gasteiger partial charge in [-0.1, -0.05) is 49.5 Å². The molecular formula is C22H16Br2ClNO4. The molecule has 2 aliphatic carbocycles. The summed E-state index contributed by atoms with van der Waals surface area (Å²) < 4.78 is 5.45. The first kappa shape index (κ1) is 20.2. The van der Waals surface area contributed by atoms with Gasteiger partial charge in [-0.25, -0.2) is 9.69 Å². The molecule has 1 aliphatic heterocycles. The molecular weight excluding hydrogens is 538 g/mol. The fourth-order valence-corrected chi connectivity index (χ4v) is 7.04. The standard InChI is InChI=1S/C22H16Br2ClNO4/c23-18-14-9-15(19(18)24)17-16(14)20(27)26(21(17)28)12-2-1-3-13(8-12)30-22(29)10-4-6-11(25)7-5-10/h1-8,14-19H,9H2/t14-,15+,16+,17-,18+,19-. The number of imide groups is 1. The lowest BCUT2D eigenvalue weighted by Crippen LogP contribution is -2.37. The predicted molar refractivity (Wildman–Crippen MR) is 119 cm³/mol. The summed E-state index contributed by atoms with van der Waals surface area (Å²) in [4.78, 5) is 40.4. The van der Waals surface area contributed by atoms with Gasteiger partial charge in [0.15, 0.2) is 0 Å². The van der Waals surface area contributed by atoms with Gasteiger partial charge >= 0.3 is 5.97 Å². The summed E-state index contributed by atoms with van der Waals surface area (Å²) in [6.45, 7) is 0. The van der Waals surface area contributed by atoms with Crippen LogP contribution in [0.3, 0.4) is 0 Å². The van der Waals surface area contributed by atoms with E-state index in [9.17, 15) is 14.4 Å². The minimum Gasteiger partial charge on any atom is -0.423 e. The van der Waals surface area contributed by atoms with E-state index in [1.807, 2.05) is 0 Å². The molecule has 2 saturated carbocycles. The third-order valence-electron chi connectivity index (χ3n) is 6.35. The number of alkyl halides is 2. The zero-order valence-electron chi connectivity index (χ0n) is 15.5. The Labute approximate surface area is 195 Å². The Bertz CT molecular complexity index is 1030. The third-order valence-corrected chi connectivity index (χ3v) is 9.81. The van der Waals surface area contributed by atoms with Crippen molar-refractivity contribution in [1.29, 1.82) is 0 Å². The highest BCUT2D eigenvalue weighted by atomic mass is 79.9. The van der Waals surface area contributed by atoms with E-state index in [1.54, 1.807) is 48.5 Å². The lowest BCUT2D eigenvalue weighted by Gasteiger charge is -2.28. The maximum absolute atomic E-state index is 13.2. The van der Waals surface area contributed by atoms with E-state index in [2.05, 4.69) is 31.9 Å². The summed E-state index contributed by atoms with van der Waals surface area (Å²) in [5.41, 5.74) is 0.786.